The Kier molecular flexibility index (Phi) is 17.9. The Bertz CT molecular complexity index is 1930. The van der Waals surface area contributed by atoms with Crippen LogP contribution in [0.5, 0.6) is 23.0 Å². The Labute approximate surface area is 363 Å². The van der Waals surface area contributed by atoms with E-state index in [0.717, 1.165) is 18.4 Å². The second-order valence-corrected chi connectivity index (χ2v) is 18.8. The predicted octanol–water partition coefficient (Wildman–Crippen LogP) is 3.41. The number of hydrogen-bond donors (Lipinski definition) is 13. The summed E-state index contributed by atoms with van der Waals surface area (Å²) < 4.78 is 31.6. The Morgan fingerprint density at radius 3 is 1.68 bits per heavy atom. The lowest BCUT2D eigenvalue weighted by Crippen LogP contribution is -2.62. The topological polar surface area (TPSA) is 315 Å². The Morgan fingerprint density at radius 2 is 1.27 bits per heavy atom. The number of Topliss-reactive ketones (excluding diaryl/α,β-unsaturated/α-hetero) is 1. The number of carbonyl (C=O) groups excluding carboxylic acids is 2. The molecule has 0 saturated heterocycles. The van der Waals surface area contributed by atoms with Gasteiger partial charge in [-0.05, 0) is 91.0 Å². The molecule has 0 bridgehead atoms. The van der Waals surface area contributed by atoms with Crippen molar-refractivity contribution in [1.82, 2.24) is 10.6 Å². The molecular formula is C44H66N2O15S. The highest BCUT2D eigenvalue weighted by Gasteiger charge is 2.68. The minimum atomic E-state index is -4.67. The van der Waals surface area contributed by atoms with Crippen molar-refractivity contribution in [2.24, 2.45) is 34.5 Å². The average molecular weight is 895 g/mol. The SMILES string of the molecule is CC(C)NCC(O)c1cc(O)cc(O)c1.CC(C)NCC(O)c1cc(O)cc(O)c1.C[C@H]1C[C@@H]2[C@H]([C@@H](O)C[C@@]3(C)[C@H]2CC[C@]3(O)C(=O)CO)[C@@]2(C)C=CC(=O)C=C12.O=S(=O)(O)O. The van der Waals surface area contributed by atoms with Crippen molar-refractivity contribution in [3.8, 4) is 23.0 Å². The molecule has 2 aromatic carbocycles. The van der Waals surface area contributed by atoms with Crippen LogP contribution in [0.3, 0.4) is 0 Å². The Morgan fingerprint density at radius 1 is 0.839 bits per heavy atom. The van der Waals surface area contributed by atoms with Crippen LogP contribution in [0.4, 0.5) is 0 Å². The summed E-state index contributed by atoms with van der Waals surface area (Å²) in [4.78, 5) is 24.4. The molecule has 18 heteroatoms. The zero-order chi connectivity index (χ0) is 47.1. The van der Waals surface area contributed by atoms with Crippen LogP contribution in [0, 0.1) is 34.5 Å². The van der Waals surface area contributed by atoms with Gasteiger partial charge in [0.15, 0.2) is 11.6 Å². The van der Waals surface area contributed by atoms with E-state index in [1.54, 1.807) is 12.2 Å². The summed E-state index contributed by atoms with van der Waals surface area (Å²) in [5.41, 5.74) is -0.589. The van der Waals surface area contributed by atoms with Crippen LogP contribution >= 0.6 is 0 Å². The molecule has 4 aliphatic carbocycles. The summed E-state index contributed by atoms with van der Waals surface area (Å²) in [6.45, 7) is 14.2. The maximum absolute atomic E-state index is 12.4. The van der Waals surface area contributed by atoms with Gasteiger partial charge in [0.2, 0.25) is 0 Å². The highest BCUT2D eigenvalue weighted by atomic mass is 32.3. The van der Waals surface area contributed by atoms with Gasteiger partial charge in [-0.3, -0.25) is 18.7 Å². The van der Waals surface area contributed by atoms with Crippen molar-refractivity contribution in [3.05, 3.63) is 71.3 Å². The van der Waals surface area contributed by atoms with Gasteiger partial charge in [0, 0.05) is 54.1 Å². The minimum absolute atomic E-state index is 0.00620. The van der Waals surface area contributed by atoms with Gasteiger partial charge in [-0.25, -0.2) is 0 Å². The van der Waals surface area contributed by atoms with Crippen molar-refractivity contribution >= 4 is 22.0 Å². The van der Waals surface area contributed by atoms with Gasteiger partial charge in [0.25, 0.3) is 0 Å². The molecule has 0 radical (unpaired) electrons. The van der Waals surface area contributed by atoms with E-state index < -0.39 is 52.1 Å². The number of aromatic hydroxyl groups is 4. The molecule has 0 aromatic heterocycles. The fraction of sp³-hybridized carbons (Fsp3) is 0.591. The molecule has 0 spiro atoms. The molecule has 2 aromatic rings. The van der Waals surface area contributed by atoms with E-state index >= 15 is 0 Å². The van der Waals surface area contributed by atoms with Gasteiger partial charge in [-0.15, -0.1) is 0 Å². The fourth-order valence-electron chi connectivity index (χ4n) is 9.89. The quantitative estimate of drug-likeness (QED) is 0.152. The fourth-order valence-corrected chi connectivity index (χ4v) is 9.89. The molecule has 4 aliphatic rings. The number of hydrogen-bond acceptors (Lipinski definition) is 15. The van der Waals surface area contributed by atoms with E-state index in [1.165, 1.54) is 36.4 Å². The number of carbonyl (C=O) groups is 2. The van der Waals surface area contributed by atoms with Crippen molar-refractivity contribution in [1.29, 1.82) is 0 Å². The van der Waals surface area contributed by atoms with Crippen molar-refractivity contribution in [3.63, 3.8) is 0 Å². The molecule has 62 heavy (non-hydrogen) atoms. The van der Waals surface area contributed by atoms with Crippen LogP contribution in [0.15, 0.2) is 60.2 Å². The van der Waals surface area contributed by atoms with Crippen molar-refractivity contribution in [2.45, 2.75) is 110 Å². The molecular weight excluding hydrogens is 829 g/mol. The van der Waals surface area contributed by atoms with Crippen LogP contribution in [-0.2, 0) is 20.0 Å². The number of ketones is 2. The van der Waals surface area contributed by atoms with E-state index in [-0.39, 0.29) is 70.0 Å². The summed E-state index contributed by atoms with van der Waals surface area (Å²) in [7, 11) is -4.67. The lowest BCUT2D eigenvalue weighted by Gasteiger charge is -2.60. The average Bonchev–Trinajstić information content (AvgIpc) is 3.42. The second-order valence-electron chi connectivity index (χ2n) is 17.9. The molecule has 2 unspecified atom stereocenters. The molecule has 13 N–H and O–H groups in total. The molecule has 348 valence electrons. The number of aliphatic hydroxyl groups is 5. The summed E-state index contributed by atoms with van der Waals surface area (Å²) >= 11 is 0. The number of phenols is 4. The van der Waals surface area contributed by atoms with Crippen molar-refractivity contribution < 1.29 is 73.1 Å². The number of nitrogens with one attached hydrogen (secondary N) is 2. The summed E-state index contributed by atoms with van der Waals surface area (Å²) in [5, 5.41) is 94.4. The zero-order valence-corrected chi connectivity index (χ0v) is 37.1. The number of phenolic OH excluding ortho intramolecular Hbond substituents is 4. The standard InChI is InChI=1S/C22H30O5.2C11H17NO3.H2O4S/c1-12-8-14-15-5-7-22(27,18(26)11-23)21(15,3)10-17(25)19(14)20(2)6-4-13(24)9-16(12)20;2*1-7(2)12-6-11(15)8-3-9(13)5-10(14)4-8;1-5(2,3)4/h4,6,9,12,14-15,17,19,23,25,27H,5,7-8,10-11H2,1-3H3;2*3-5,7,11-15H,6H2,1-2H3;(H2,1,2,3,4)/t12-,14-,15-,17-,19+,20-,21-,22-;;;/m0.../s1. The lowest BCUT2D eigenvalue weighted by atomic mass is 9.45. The lowest BCUT2D eigenvalue weighted by molar-refractivity contribution is -0.180. The van der Waals surface area contributed by atoms with Gasteiger partial charge < -0.3 is 56.6 Å². The predicted molar refractivity (Wildman–Crippen MR) is 230 cm³/mol. The van der Waals surface area contributed by atoms with Gasteiger partial charge >= 0.3 is 10.4 Å². The van der Waals surface area contributed by atoms with Gasteiger partial charge in [-0.2, -0.15) is 8.42 Å². The summed E-state index contributed by atoms with van der Waals surface area (Å²) in [5.74, 6) is -0.267. The van der Waals surface area contributed by atoms with Crippen LogP contribution in [0.1, 0.15) is 97.5 Å². The van der Waals surface area contributed by atoms with E-state index in [4.69, 9.17) is 17.5 Å². The van der Waals surface area contributed by atoms with Crippen LogP contribution < -0.4 is 10.6 Å². The Balaban J connectivity index is 0.000000250. The van der Waals surface area contributed by atoms with Gasteiger partial charge in [0.05, 0.1) is 18.3 Å². The van der Waals surface area contributed by atoms with E-state index in [9.17, 15) is 55.5 Å². The number of allylic oxidation sites excluding steroid dienone is 4. The largest absolute Gasteiger partial charge is 0.508 e. The number of benzene rings is 2. The van der Waals surface area contributed by atoms with Crippen LogP contribution in [-0.4, -0.2) is 119 Å². The molecule has 0 heterocycles. The van der Waals surface area contributed by atoms with Gasteiger partial charge in [0.1, 0.15) is 35.2 Å². The highest BCUT2D eigenvalue weighted by Crippen LogP contribution is 2.67. The van der Waals surface area contributed by atoms with Crippen molar-refractivity contribution in [2.75, 3.05) is 19.7 Å². The normalized spacial score (nSPS) is 29.6. The second kappa shape index (κ2) is 21.2. The third-order valence-electron chi connectivity index (χ3n) is 12.6. The van der Waals surface area contributed by atoms with E-state index in [1.807, 2.05) is 40.7 Å². The number of rotatable bonds is 10. The smallest absolute Gasteiger partial charge is 0.394 e. The first-order valence-electron chi connectivity index (χ1n) is 20.6. The molecule has 6 rings (SSSR count). The Hall–Kier alpha value is -3.95. The summed E-state index contributed by atoms with van der Waals surface area (Å²) in [6.07, 6.45) is 5.41. The molecule has 3 fully saturated rings. The maximum Gasteiger partial charge on any atom is 0.394 e. The maximum atomic E-state index is 12.4. The monoisotopic (exact) mass is 894 g/mol. The third-order valence-corrected chi connectivity index (χ3v) is 12.6. The first kappa shape index (κ1) is 52.4. The molecule has 10 atom stereocenters. The van der Waals surface area contributed by atoms with Gasteiger partial charge in [-0.1, -0.05) is 60.1 Å². The minimum Gasteiger partial charge on any atom is -0.508 e. The molecule has 17 nitrogen and oxygen atoms in total. The van der Waals surface area contributed by atoms with E-state index in [2.05, 4.69) is 24.5 Å². The zero-order valence-electron chi connectivity index (χ0n) is 36.3. The number of aliphatic hydroxyl groups excluding tert-OH is 4. The molecule has 0 aliphatic heterocycles. The molecule has 3 saturated carbocycles. The van der Waals surface area contributed by atoms with E-state index in [0.29, 0.717) is 37.1 Å². The van der Waals surface area contributed by atoms with Crippen LogP contribution in [0.2, 0.25) is 0 Å². The molecule has 0 amide bonds. The first-order chi connectivity index (χ1) is 28.6. The first-order valence-corrected chi connectivity index (χ1v) is 22.0. The van der Waals surface area contributed by atoms with Crippen LogP contribution in [0.25, 0.3) is 0 Å². The third kappa shape index (κ3) is 13.1. The summed E-state index contributed by atoms with van der Waals surface area (Å²) in [6, 6.07) is 8.77. The number of fused-ring (bicyclic) bond motifs is 5. The highest BCUT2D eigenvalue weighted by molar-refractivity contribution is 7.79.